The van der Waals surface area contributed by atoms with Crippen LogP contribution in [-0.2, 0) is 0 Å². The molecule has 1 rings (SSSR count). The molecule has 0 fully saturated rings. The summed E-state index contributed by atoms with van der Waals surface area (Å²) in [5.41, 5.74) is 5.62. The van der Waals surface area contributed by atoms with Crippen LogP contribution in [0.2, 0.25) is 5.02 Å². The Morgan fingerprint density at radius 2 is 2.25 bits per heavy atom. The molecule has 0 heterocycles. The summed E-state index contributed by atoms with van der Waals surface area (Å²) in [6, 6.07) is 4.57. The van der Waals surface area contributed by atoms with E-state index in [4.69, 9.17) is 17.3 Å². The predicted molar refractivity (Wildman–Crippen MR) is 49.5 cm³/mol. The lowest BCUT2D eigenvalue weighted by atomic mass is 10.2. The van der Waals surface area contributed by atoms with Crippen LogP contribution < -0.4 is 5.73 Å². The minimum Gasteiger partial charge on any atom is -0.327 e. The Balaban J connectivity index is 3.04. The van der Waals surface area contributed by atoms with Gasteiger partial charge in [0, 0.05) is 12.1 Å². The maximum Gasteiger partial charge on any atom is 0.131 e. The molecule has 0 unspecified atom stereocenters. The van der Waals surface area contributed by atoms with E-state index < -0.39 is 0 Å². The van der Waals surface area contributed by atoms with Crippen molar-refractivity contribution in [3.05, 3.63) is 40.7 Å². The molecule has 3 heteroatoms. The minimum atomic E-state index is -0.327. The smallest absolute Gasteiger partial charge is 0.131 e. The summed E-state index contributed by atoms with van der Waals surface area (Å²) in [6.45, 7) is 0.380. The predicted octanol–water partition coefficient (Wildman–Crippen LogP) is 2.45. The summed E-state index contributed by atoms with van der Waals surface area (Å²) in [4.78, 5) is 0. The first-order valence-electron chi connectivity index (χ1n) is 3.56. The molecule has 0 aromatic heterocycles. The fraction of sp³-hybridized carbons (Fsp3) is 0.111. The van der Waals surface area contributed by atoms with Crippen molar-refractivity contribution >= 4 is 17.7 Å². The average Bonchev–Trinajstić information content (AvgIpc) is 2.04. The maximum atomic E-state index is 13.0. The number of hydrogen-bond acceptors (Lipinski definition) is 1. The van der Waals surface area contributed by atoms with E-state index in [0.717, 1.165) is 0 Å². The van der Waals surface area contributed by atoms with Crippen LogP contribution in [0.3, 0.4) is 0 Å². The van der Waals surface area contributed by atoms with Crippen LogP contribution in [-0.4, -0.2) is 6.54 Å². The van der Waals surface area contributed by atoms with Crippen molar-refractivity contribution < 1.29 is 4.39 Å². The highest BCUT2D eigenvalue weighted by Gasteiger charge is 2.01. The monoisotopic (exact) mass is 185 g/mol. The van der Waals surface area contributed by atoms with Gasteiger partial charge in [0.1, 0.15) is 5.82 Å². The molecule has 0 radical (unpaired) electrons. The Morgan fingerprint density at radius 1 is 1.50 bits per heavy atom. The molecule has 1 aromatic rings. The zero-order valence-electron chi connectivity index (χ0n) is 6.43. The third-order valence-corrected chi connectivity index (χ3v) is 1.75. The highest BCUT2D eigenvalue weighted by Crippen LogP contribution is 2.19. The molecule has 0 bridgehead atoms. The van der Waals surface area contributed by atoms with Gasteiger partial charge in [-0.3, -0.25) is 0 Å². The molecule has 0 amide bonds. The number of halogens is 2. The first-order chi connectivity index (χ1) is 5.75. The van der Waals surface area contributed by atoms with Crippen LogP contribution in [0.4, 0.5) is 4.39 Å². The molecule has 0 aliphatic heterocycles. The van der Waals surface area contributed by atoms with E-state index >= 15 is 0 Å². The van der Waals surface area contributed by atoms with Gasteiger partial charge < -0.3 is 5.73 Å². The van der Waals surface area contributed by atoms with E-state index in [1.807, 2.05) is 0 Å². The summed E-state index contributed by atoms with van der Waals surface area (Å²) < 4.78 is 13.0. The van der Waals surface area contributed by atoms with Crippen molar-refractivity contribution in [2.24, 2.45) is 5.73 Å². The van der Waals surface area contributed by atoms with Gasteiger partial charge in [-0.25, -0.2) is 4.39 Å². The molecular formula is C9H9ClFN. The second kappa shape index (κ2) is 4.24. The average molecular weight is 186 g/mol. The van der Waals surface area contributed by atoms with Crippen LogP contribution in [0.5, 0.6) is 0 Å². The summed E-state index contributed by atoms with van der Waals surface area (Å²) in [7, 11) is 0. The lowest BCUT2D eigenvalue weighted by Gasteiger charge is -1.98. The lowest BCUT2D eigenvalue weighted by molar-refractivity contribution is 0.625. The van der Waals surface area contributed by atoms with Gasteiger partial charge in [0.05, 0.1) is 5.02 Å². The zero-order chi connectivity index (χ0) is 8.97. The van der Waals surface area contributed by atoms with Crippen molar-refractivity contribution in [1.29, 1.82) is 0 Å². The fourth-order valence-electron chi connectivity index (χ4n) is 0.856. The molecule has 0 atom stereocenters. The van der Waals surface area contributed by atoms with Gasteiger partial charge in [-0.15, -0.1) is 0 Å². The Morgan fingerprint density at radius 3 is 2.83 bits per heavy atom. The lowest BCUT2D eigenvalue weighted by Crippen LogP contribution is -1.92. The molecule has 0 aliphatic rings. The second-order valence-corrected chi connectivity index (χ2v) is 2.68. The second-order valence-electron chi connectivity index (χ2n) is 2.27. The van der Waals surface area contributed by atoms with Crippen LogP contribution in [0.1, 0.15) is 5.56 Å². The number of benzene rings is 1. The highest BCUT2D eigenvalue weighted by molar-refractivity contribution is 6.32. The van der Waals surface area contributed by atoms with Crippen molar-refractivity contribution in [2.75, 3.05) is 6.54 Å². The van der Waals surface area contributed by atoms with Crippen molar-refractivity contribution in [2.45, 2.75) is 0 Å². The van der Waals surface area contributed by atoms with E-state index in [1.165, 1.54) is 6.07 Å². The summed E-state index contributed by atoms with van der Waals surface area (Å²) in [5.74, 6) is -0.327. The van der Waals surface area contributed by atoms with E-state index in [1.54, 1.807) is 24.3 Å². The van der Waals surface area contributed by atoms with E-state index in [-0.39, 0.29) is 5.82 Å². The van der Waals surface area contributed by atoms with Gasteiger partial charge in [-0.2, -0.15) is 0 Å². The minimum absolute atomic E-state index is 0.327. The third-order valence-electron chi connectivity index (χ3n) is 1.42. The molecule has 0 saturated carbocycles. The van der Waals surface area contributed by atoms with Crippen LogP contribution >= 0.6 is 11.6 Å². The van der Waals surface area contributed by atoms with Crippen molar-refractivity contribution in [1.82, 2.24) is 0 Å². The summed E-state index contributed by atoms with van der Waals surface area (Å²) >= 11 is 5.73. The molecule has 0 saturated heterocycles. The highest BCUT2D eigenvalue weighted by atomic mass is 35.5. The molecular weight excluding hydrogens is 177 g/mol. The molecule has 0 aliphatic carbocycles. The molecule has 64 valence electrons. The summed E-state index contributed by atoms with van der Waals surface area (Å²) in [5, 5.41) is 0.403. The van der Waals surface area contributed by atoms with Crippen LogP contribution in [0.15, 0.2) is 24.3 Å². The van der Waals surface area contributed by atoms with Gasteiger partial charge in [-0.05, 0) is 12.1 Å². The Hall–Kier alpha value is -0.860. The van der Waals surface area contributed by atoms with E-state index in [0.29, 0.717) is 17.1 Å². The number of rotatable bonds is 2. The first kappa shape index (κ1) is 9.23. The quantitative estimate of drug-likeness (QED) is 0.753. The van der Waals surface area contributed by atoms with E-state index in [2.05, 4.69) is 0 Å². The SMILES string of the molecule is NC/C=C/c1c(F)cccc1Cl. The van der Waals surface area contributed by atoms with Gasteiger partial charge in [-0.1, -0.05) is 29.8 Å². The van der Waals surface area contributed by atoms with Gasteiger partial charge >= 0.3 is 0 Å². The van der Waals surface area contributed by atoms with E-state index in [9.17, 15) is 4.39 Å². The topological polar surface area (TPSA) is 26.0 Å². The molecule has 2 N–H and O–H groups in total. The van der Waals surface area contributed by atoms with Gasteiger partial charge in [0.2, 0.25) is 0 Å². The normalized spacial score (nSPS) is 10.9. The molecule has 1 nitrogen and oxygen atoms in total. The largest absolute Gasteiger partial charge is 0.327 e. The van der Waals surface area contributed by atoms with Gasteiger partial charge in [0.25, 0.3) is 0 Å². The summed E-state index contributed by atoms with van der Waals surface area (Å²) in [6.07, 6.45) is 3.24. The zero-order valence-corrected chi connectivity index (χ0v) is 7.18. The molecule has 0 spiro atoms. The Labute approximate surface area is 75.6 Å². The maximum absolute atomic E-state index is 13.0. The number of hydrogen-bond donors (Lipinski definition) is 1. The fourth-order valence-corrected chi connectivity index (χ4v) is 1.08. The van der Waals surface area contributed by atoms with Crippen molar-refractivity contribution in [3.8, 4) is 0 Å². The molecule has 12 heavy (non-hydrogen) atoms. The first-order valence-corrected chi connectivity index (χ1v) is 3.94. The Bertz CT molecular complexity index is 276. The number of nitrogens with two attached hydrogens (primary N) is 1. The van der Waals surface area contributed by atoms with Crippen LogP contribution in [0.25, 0.3) is 6.08 Å². The molecule has 1 aromatic carbocycles. The van der Waals surface area contributed by atoms with Gasteiger partial charge in [0.15, 0.2) is 0 Å². The standard InChI is InChI=1S/C9H9ClFN/c10-8-4-1-5-9(11)7(8)3-2-6-12/h1-5H,6,12H2/b3-2+. The third kappa shape index (κ3) is 2.06. The van der Waals surface area contributed by atoms with Crippen LogP contribution in [0, 0.1) is 5.82 Å². The van der Waals surface area contributed by atoms with Crippen molar-refractivity contribution in [3.63, 3.8) is 0 Å². The Kier molecular flexibility index (Phi) is 3.26.